The molecule has 4 aromatic rings. The van der Waals surface area contributed by atoms with Crippen LogP contribution in [0.2, 0.25) is 5.02 Å². The second kappa shape index (κ2) is 9.59. The summed E-state index contributed by atoms with van der Waals surface area (Å²) in [5, 5.41) is 5.22. The van der Waals surface area contributed by atoms with Gasteiger partial charge in [0.25, 0.3) is 5.91 Å². The van der Waals surface area contributed by atoms with Crippen molar-refractivity contribution >= 4 is 73.7 Å². The second-order valence-corrected chi connectivity index (χ2v) is 8.97. The highest BCUT2D eigenvalue weighted by Gasteiger charge is 2.18. The molecule has 1 N–H and O–H groups in total. The lowest BCUT2D eigenvalue weighted by Crippen LogP contribution is -2.18. The minimum atomic E-state index is -0.502. The number of carbonyl (C=O) groups excluding carboxylic acids is 2. The Bertz CT molecular complexity index is 1300. The van der Waals surface area contributed by atoms with E-state index in [0.29, 0.717) is 21.2 Å². The number of amides is 1. The lowest BCUT2D eigenvalue weighted by molar-refractivity contribution is 0.0739. The number of nitrogens with zero attached hydrogens (tertiary/aromatic N) is 1. The van der Waals surface area contributed by atoms with Crippen molar-refractivity contribution in [1.29, 1.82) is 0 Å². The van der Waals surface area contributed by atoms with E-state index in [1.807, 2.05) is 36.4 Å². The first-order chi connectivity index (χ1) is 15.0. The van der Waals surface area contributed by atoms with E-state index in [-0.39, 0.29) is 5.91 Å². The zero-order valence-electron chi connectivity index (χ0n) is 15.8. The van der Waals surface area contributed by atoms with Crippen molar-refractivity contribution in [2.45, 2.75) is 0 Å². The van der Waals surface area contributed by atoms with E-state index in [2.05, 4.69) is 33.1 Å². The number of ether oxygens (including phenoxy) is 1. The molecular weight excluding hydrogens is 547 g/mol. The summed E-state index contributed by atoms with van der Waals surface area (Å²) in [6, 6.07) is 21.6. The highest BCUT2D eigenvalue weighted by molar-refractivity contribution is 14.1. The topological polar surface area (TPSA) is 67.8 Å². The van der Waals surface area contributed by atoms with E-state index in [1.165, 1.54) is 17.6 Å². The molecule has 0 saturated carbocycles. The molecule has 1 amide bonds. The van der Waals surface area contributed by atoms with Crippen LogP contribution in [0.1, 0.15) is 25.6 Å². The normalized spacial score (nSPS) is 11.0. The number of hydrogen-bond acceptors (Lipinski definition) is 5. The van der Waals surface area contributed by atoms with Gasteiger partial charge in [-0.15, -0.1) is 11.3 Å². The molecule has 0 atom stereocenters. The maximum atomic E-state index is 12.5. The Balaban J connectivity index is 1.39. The minimum Gasteiger partial charge on any atom is -0.422 e. The lowest BCUT2D eigenvalue weighted by atomic mass is 10.2. The predicted octanol–water partition coefficient (Wildman–Crippen LogP) is 6.14. The van der Waals surface area contributed by atoms with E-state index >= 15 is 0 Å². The second-order valence-electron chi connectivity index (χ2n) is 6.38. The van der Waals surface area contributed by atoms with E-state index < -0.39 is 5.97 Å². The molecule has 1 aromatic heterocycles. The first-order valence-corrected chi connectivity index (χ1v) is 11.4. The zero-order chi connectivity index (χ0) is 21.8. The number of rotatable bonds is 5. The van der Waals surface area contributed by atoms with Gasteiger partial charge in [-0.05, 0) is 70.6 Å². The van der Waals surface area contributed by atoms with Gasteiger partial charge in [-0.2, -0.15) is 5.10 Å². The first kappa shape index (κ1) is 21.5. The molecule has 8 heteroatoms. The van der Waals surface area contributed by atoms with E-state index in [1.54, 1.807) is 36.4 Å². The van der Waals surface area contributed by atoms with E-state index in [9.17, 15) is 9.59 Å². The number of nitrogens with one attached hydrogen (secondary N) is 1. The number of benzene rings is 3. The Hall–Kier alpha value is -2.75. The third-order valence-electron chi connectivity index (χ3n) is 4.31. The van der Waals surface area contributed by atoms with Crippen molar-refractivity contribution in [3.8, 4) is 5.75 Å². The van der Waals surface area contributed by atoms with Gasteiger partial charge in [-0.1, -0.05) is 41.9 Å². The van der Waals surface area contributed by atoms with Crippen molar-refractivity contribution < 1.29 is 14.3 Å². The molecule has 0 saturated heterocycles. The van der Waals surface area contributed by atoms with Gasteiger partial charge in [0.2, 0.25) is 0 Å². The molecule has 0 aliphatic carbocycles. The van der Waals surface area contributed by atoms with Gasteiger partial charge in [0.05, 0.1) is 16.8 Å². The molecule has 0 aliphatic heterocycles. The summed E-state index contributed by atoms with van der Waals surface area (Å²) in [7, 11) is 0. The summed E-state index contributed by atoms with van der Waals surface area (Å²) in [5.41, 5.74) is 3.80. The SMILES string of the molecule is O=C(N/N=C/c1ccc(OC(=O)c2sc3ccccc3c2Cl)cc1)c1ccccc1I. The first-order valence-electron chi connectivity index (χ1n) is 9.10. The summed E-state index contributed by atoms with van der Waals surface area (Å²) < 4.78 is 7.23. The minimum absolute atomic E-state index is 0.285. The number of hydrogen-bond donors (Lipinski definition) is 1. The number of fused-ring (bicyclic) bond motifs is 1. The van der Waals surface area contributed by atoms with Crippen LogP contribution in [-0.2, 0) is 0 Å². The number of halogens is 2. The van der Waals surface area contributed by atoms with Crippen LogP contribution in [0, 0.1) is 3.57 Å². The summed E-state index contributed by atoms with van der Waals surface area (Å²) in [6.45, 7) is 0. The number of hydrazone groups is 1. The summed E-state index contributed by atoms with van der Waals surface area (Å²) in [5.74, 6) is -0.400. The van der Waals surface area contributed by atoms with Crippen molar-refractivity contribution in [3.05, 3.63) is 97.4 Å². The Morgan fingerprint density at radius 2 is 1.71 bits per heavy atom. The van der Waals surface area contributed by atoms with Crippen LogP contribution in [0.3, 0.4) is 0 Å². The van der Waals surface area contributed by atoms with Gasteiger partial charge in [0, 0.05) is 13.7 Å². The molecule has 154 valence electrons. The lowest BCUT2D eigenvalue weighted by Gasteiger charge is -2.04. The number of esters is 1. The largest absolute Gasteiger partial charge is 0.422 e. The van der Waals surface area contributed by atoms with Gasteiger partial charge < -0.3 is 4.74 Å². The van der Waals surface area contributed by atoms with Crippen LogP contribution in [0.5, 0.6) is 5.75 Å². The van der Waals surface area contributed by atoms with Crippen LogP contribution >= 0.6 is 45.5 Å². The molecule has 31 heavy (non-hydrogen) atoms. The fourth-order valence-electron chi connectivity index (χ4n) is 2.79. The molecular formula is C23H14ClIN2O3S. The van der Waals surface area contributed by atoms with Crippen molar-refractivity contribution in [2.24, 2.45) is 5.10 Å². The fraction of sp³-hybridized carbons (Fsp3) is 0. The molecule has 0 aliphatic rings. The Kier molecular flexibility index (Phi) is 6.64. The number of carbonyl (C=O) groups is 2. The molecule has 0 spiro atoms. The standard InChI is InChI=1S/C23H14ClIN2O3S/c24-20-17-6-2-4-8-19(17)31-21(20)23(29)30-15-11-9-14(10-12-15)13-26-27-22(28)16-5-1-3-7-18(16)25/h1-13H,(H,27,28)/b26-13+. The zero-order valence-corrected chi connectivity index (χ0v) is 19.6. The van der Waals surface area contributed by atoms with Crippen LogP contribution in [0.4, 0.5) is 0 Å². The Labute approximate surface area is 200 Å². The molecule has 0 bridgehead atoms. The van der Waals surface area contributed by atoms with Crippen molar-refractivity contribution in [3.63, 3.8) is 0 Å². The molecule has 4 rings (SSSR count). The Morgan fingerprint density at radius 3 is 2.45 bits per heavy atom. The monoisotopic (exact) mass is 560 g/mol. The molecule has 0 radical (unpaired) electrons. The molecule has 1 heterocycles. The molecule has 3 aromatic carbocycles. The van der Waals surface area contributed by atoms with Gasteiger partial charge in [0.1, 0.15) is 10.6 Å². The van der Waals surface area contributed by atoms with Crippen LogP contribution in [0.25, 0.3) is 10.1 Å². The van der Waals surface area contributed by atoms with E-state index in [0.717, 1.165) is 19.2 Å². The van der Waals surface area contributed by atoms with Crippen LogP contribution in [0.15, 0.2) is 77.9 Å². The van der Waals surface area contributed by atoms with Crippen molar-refractivity contribution in [2.75, 3.05) is 0 Å². The highest BCUT2D eigenvalue weighted by Crippen LogP contribution is 2.35. The average Bonchev–Trinajstić information content (AvgIpc) is 3.12. The third-order valence-corrected chi connectivity index (χ3v) is 6.91. The smallest absolute Gasteiger partial charge is 0.355 e. The molecule has 5 nitrogen and oxygen atoms in total. The van der Waals surface area contributed by atoms with Gasteiger partial charge >= 0.3 is 5.97 Å². The maximum Gasteiger partial charge on any atom is 0.355 e. The number of thiophene rings is 1. The third kappa shape index (κ3) is 4.95. The predicted molar refractivity (Wildman–Crippen MR) is 132 cm³/mol. The molecule has 0 unspecified atom stereocenters. The van der Waals surface area contributed by atoms with Crippen LogP contribution < -0.4 is 10.2 Å². The summed E-state index contributed by atoms with van der Waals surface area (Å²) in [4.78, 5) is 25.1. The van der Waals surface area contributed by atoms with E-state index in [4.69, 9.17) is 16.3 Å². The van der Waals surface area contributed by atoms with Gasteiger partial charge in [-0.3, -0.25) is 4.79 Å². The quantitative estimate of drug-likeness (QED) is 0.105. The maximum absolute atomic E-state index is 12.5. The fourth-order valence-corrected chi connectivity index (χ4v) is 4.81. The van der Waals surface area contributed by atoms with Crippen LogP contribution in [-0.4, -0.2) is 18.1 Å². The molecule has 0 fully saturated rings. The summed E-state index contributed by atoms with van der Waals surface area (Å²) >= 11 is 9.74. The average molecular weight is 561 g/mol. The summed E-state index contributed by atoms with van der Waals surface area (Å²) in [6.07, 6.45) is 1.52. The Morgan fingerprint density at radius 1 is 1.00 bits per heavy atom. The van der Waals surface area contributed by atoms with Gasteiger partial charge in [-0.25, -0.2) is 10.2 Å². The van der Waals surface area contributed by atoms with Gasteiger partial charge in [0.15, 0.2) is 0 Å². The highest BCUT2D eigenvalue weighted by atomic mass is 127. The van der Waals surface area contributed by atoms with Crippen molar-refractivity contribution in [1.82, 2.24) is 5.43 Å².